The molecule has 0 aliphatic heterocycles. The van der Waals surface area contributed by atoms with Gasteiger partial charge in [0.25, 0.3) is 11.8 Å². The highest BCUT2D eigenvalue weighted by Gasteiger charge is 2.21. The summed E-state index contributed by atoms with van der Waals surface area (Å²) in [4.78, 5) is 36.9. The monoisotopic (exact) mass is 442 g/mol. The van der Waals surface area contributed by atoms with Crippen molar-refractivity contribution in [1.29, 1.82) is 0 Å². The highest BCUT2D eigenvalue weighted by Crippen LogP contribution is 2.28. The molecule has 8 heteroatoms. The van der Waals surface area contributed by atoms with Crippen molar-refractivity contribution in [3.05, 3.63) is 59.7 Å². The van der Waals surface area contributed by atoms with E-state index in [2.05, 4.69) is 10.6 Å². The van der Waals surface area contributed by atoms with Crippen molar-refractivity contribution < 1.29 is 28.6 Å². The van der Waals surface area contributed by atoms with Crippen LogP contribution < -0.4 is 20.1 Å². The molecule has 172 valence electrons. The van der Waals surface area contributed by atoms with E-state index >= 15 is 0 Å². The van der Waals surface area contributed by atoms with Crippen molar-refractivity contribution >= 4 is 17.8 Å². The van der Waals surface area contributed by atoms with Crippen molar-refractivity contribution in [3.63, 3.8) is 0 Å². The summed E-state index contributed by atoms with van der Waals surface area (Å²) < 4.78 is 16.2. The summed E-state index contributed by atoms with van der Waals surface area (Å²) in [7, 11) is 0. The standard InChI is InChI=1S/C24H30N2O6/c1-4-19(24(29)25-15-17-10-8-7-9-11-17)32-22(27)16-26-23(28)18-12-13-20(30-5-2)21(14-18)31-6-3/h7-14,19H,4-6,15-16H2,1-3H3,(H,25,29)(H,26,28). The third-order valence-corrected chi connectivity index (χ3v) is 4.45. The molecule has 0 spiro atoms. The lowest BCUT2D eigenvalue weighted by Crippen LogP contribution is -2.39. The highest BCUT2D eigenvalue weighted by molar-refractivity contribution is 5.96. The Morgan fingerprint density at radius 2 is 1.56 bits per heavy atom. The van der Waals surface area contributed by atoms with Crippen LogP contribution in [0.25, 0.3) is 0 Å². The van der Waals surface area contributed by atoms with E-state index in [1.807, 2.05) is 44.2 Å². The van der Waals surface area contributed by atoms with Crippen molar-refractivity contribution in [2.24, 2.45) is 0 Å². The number of nitrogens with one attached hydrogen (secondary N) is 2. The molecule has 0 bridgehead atoms. The Bertz CT molecular complexity index is 901. The third kappa shape index (κ3) is 7.61. The minimum absolute atomic E-state index is 0.316. The maximum Gasteiger partial charge on any atom is 0.326 e. The first-order valence-electron chi connectivity index (χ1n) is 10.7. The number of hydrogen-bond donors (Lipinski definition) is 2. The van der Waals surface area contributed by atoms with Crippen molar-refractivity contribution in [1.82, 2.24) is 10.6 Å². The molecule has 2 aromatic rings. The van der Waals surface area contributed by atoms with Gasteiger partial charge in [0.1, 0.15) is 6.54 Å². The Morgan fingerprint density at radius 1 is 0.875 bits per heavy atom. The van der Waals surface area contributed by atoms with E-state index in [9.17, 15) is 14.4 Å². The molecule has 8 nitrogen and oxygen atoms in total. The van der Waals surface area contributed by atoms with Crippen LogP contribution in [0, 0.1) is 0 Å². The molecule has 0 fully saturated rings. The summed E-state index contributed by atoms with van der Waals surface area (Å²) in [6, 6.07) is 14.2. The molecule has 0 aliphatic carbocycles. The summed E-state index contributed by atoms with van der Waals surface area (Å²) in [6.45, 7) is 6.29. The first-order valence-corrected chi connectivity index (χ1v) is 10.7. The molecule has 0 aliphatic rings. The molecule has 2 rings (SSSR count). The summed E-state index contributed by atoms with van der Waals surface area (Å²) in [5.41, 5.74) is 1.26. The predicted octanol–water partition coefficient (Wildman–Crippen LogP) is 2.85. The van der Waals surface area contributed by atoms with Gasteiger partial charge in [-0.1, -0.05) is 37.3 Å². The number of hydrogen-bond acceptors (Lipinski definition) is 6. The average Bonchev–Trinajstić information content (AvgIpc) is 2.81. The van der Waals surface area contributed by atoms with Crippen LogP contribution in [0.4, 0.5) is 0 Å². The van der Waals surface area contributed by atoms with Gasteiger partial charge < -0.3 is 24.8 Å². The largest absolute Gasteiger partial charge is 0.490 e. The molecular weight excluding hydrogens is 412 g/mol. The average molecular weight is 443 g/mol. The number of rotatable bonds is 12. The first-order chi connectivity index (χ1) is 15.5. The molecule has 0 saturated carbocycles. The number of ether oxygens (including phenoxy) is 3. The van der Waals surface area contributed by atoms with Gasteiger partial charge in [-0.25, -0.2) is 0 Å². The first kappa shape index (κ1) is 24.7. The van der Waals surface area contributed by atoms with Crippen molar-refractivity contribution in [2.45, 2.75) is 39.8 Å². The van der Waals surface area contributed by atoms with Crippen LogP contribution in [-0.4, -0.2) is 43.6 Å². The fraction of sp³-hybridized carbons (Fsp3) is 0.375. The highest BCUT2D eigenvalue weighted by atomic mass is 16.5. The Morgan fingerprint density at radius 3 is 2.22 bits per heavy atom. The van der Waals surface area contributed by atoms with Crippen molar-refractivity contribution in [2.75, 3.05) is 19.8 Å². The lowest BCUT2D eigenvalue weighted by atomic mass is 10.2. The van der Waals surface area contributed by atoms with Gasteiger partial charge >= 0.3 is 5.97 Å². The normalized spacial score (nSPS) is 11.2. The number of amides is 2. The van der Waals surface area contributed by atoms with Crippen LogP contribution in [0.15, 0.2) is 48.5 Å². The maximum atomic E-state index is 12.4. The molecule has 0 saturated heterocycles. The summed E-state index contributed by atoms with van der Waals surface area (Å²) in [5.74, 6) is -0.559. The minimum Gasteiger partial charge on any atom is -0.490 e. The molecule has 2 aromatic carbocycles. The summed E-state index contributed by atoms with van der Waals surface area (Å²) >= 11 is 0. The Hall–Kier alpha value is -3.55. The van der Waals surface area contributed by atoms with Crippen LogP contribution >= 0.6 is 0 Å². The smallest absolute Gasteiger partial charge is 0.326 e. The zero-order valence-electron chi connectivity index (χ0n) is 18.7. The van der Waals surface area contributed by atoms with Crippen LogP contribution in [0.3, 0.4) is 0 Å². The van der Waals surface area contributed by atoms with Crippen LogP contribution in [0.2, 0.25) is 0 Å². The SMILES string of the molecule is CCOc1ccc(C(=O)NCC(=O)OC(CC)C(=O)NCc2ccccc2)cc1OCC. The van der Waals surface area contributed by atoms with Gasteiger partial charge in [0.15, 0.2) is 17.6 Å². The van der Waals surface area contributed by atoms with E-state index in [0.717, 1.165) is 5.56 Å². The fourth-order valence-electron chi connectivity index (χ4n) is 2.87. The lowest BCUT2D eigenvalue weighted by Gasteiger charge is -2.16. The second-order valence-corrected chi connectivity index (χ2v) is 6.80. The third-order valence-electron chi connectivity index (χ3n) is 4.45. The Balaban J connectivity index is 1.87. The van der Waals surface area contributed by atoms with Gasteiger partial charge in [-0.05, 0) is 44.0 Å². The predicted molar refractivity (Wildman–Crippen MR) is 120 cm³/mol. The summed E-state index contributed by atoms with van der Waals surface area (Å²) in [5, 5.41) is 5.25. The second-order valence-electron chi connectivity index (χ2n) is 6.80. The van der Waals surface area contributed by atoms with E-state index in [1.54, 1.807) is 25.1 Å². The maximum absolute atomic E-state index is 12.4. The molecule has 2 N–H and O–H groups in total. The number of esters is 1. The number of carbonyl (C=O) groups excluding carboxylic acids is 3. The Labute approximate surface area is 188 Å². The number of benzene rings is 2. The molecule has 1 atom stereocenters. The zero-order valence-corrected chi connectivity index (χ0v) is 18.7. The molecule has 0 heterocycles. The molecule has 0 radical (unpaired) electrons. The molecule has 2 amide bonds. The zero-order chi connectivity index (χ0) is 23.3. The van der Waals surface area contributed by atoms with Crippen LogP contribution in [-0.2, 0) is 20.9 Å². The van der Waals surface area contributed by atoms with Crippen molar-refractivity contribution in [3.8, 4) is 11.5 Å². The van der Waals surface area contributed by atoms with Gasteiger partial charge in [0, 0.05) is 12.1 Å². The summed E-state index contributed by atoms with van der Waals surface area (Å²) in [6.07, 6.45) is -0.616. The molecule has 1 unspecified atom stereocenters. The lowest BCUT2D eigenvalue weighted by molar-refractivity contribution is -0.155. The van der Waals surface area contributed by atoms with E-state index in [-0.39, 0.29) is 12.5 Å². The van der Waals surface area contributed by atoms with E-state index < -0.39 is 18.0 Å². The topological polar surface area (TPSA) is 103 Å². The van der Waals surface area contributed by atoms with E-state index in [1.165, 1.54) is 0 Å². The van der Waals surface area contributed by atoms with Gasteiger partial charge in [-0.2, -0.15) is 0 Å². The molecular formula is C24H30N2O6. The van der Waals surface area contributed by atoms with Gasteiger partial charge in [0.2, 0.25) is 0 Å². The van der Waals surface area contributed by atoms with E-state index in [0.29, 0.717) is 43.2 Å². The van der Waals surface area contributed by atoms with Gasteiger partial charge in [-0.15, -0.1) is 0 Å². The van der Waals surface area contributed by atoms with Crippen LogP contribution in [0.1, 0.15) is 43.1 Å². The van der Waals surface area contributed by atoms with Gasteiger partial charge in [0.05, 0.1) is 13.2 Å². The molecule has 32 heavy (non-hydrogen) atoms. The quantitative estimate of drug-likeness (QED) is 0.490. The van der Waals surface area contributed by atoms with Crippen LogP contribution in [0.5, 0.6) is 11.5 Å². The molecule has 0 aromatic heterocycles. The Kier molecular flexibility index (Phi) is 10.0. The van der Waals surface area contributed by atoms with Gasteiger partial charge in [-0.3, -0.25) is 14.4 Å². The minimum atomic E-state index is -0.932. The second kappa shape index (κ2) is 13.0. The fourth-order valence-corrected chi connectivity index (χ4v) is 2.87. The van der Waals surface area contributed by atoms with E-state index in [4.69, 9.17) is 14.2 Å². The number of carbonyl (C=O) groups is 3.